The largest absolute Gasteiger partial charge is 0.480 e. The molecule has 0 amide bonds. The van der Waals surface area contributed by atoms with Gasteiger partial charge in [-0.25, -0.2) is 0 Å². The Morgan fingerprint density at radius 1 is 1.37 bits per heavy atom. The maximum atomic E-state index is 11.7. The summed E-state index contributed by atoms with van der Waals surface area (Å²) in [7, 11) is 0. The molecular formula is C16H23NO2. The van der Waals surface area contributed by atoms with E-state index in [4.69, 9.17) is 0 Å². The van der Waals surface area contributed by atoms with E-state index in [1.165, 1.54) is 5.56 Å². The van der Waals surface area contributed by atoms with E-state index in [-0.39, 0.29) is 11.5 Å². The zero-order valence-electron chi connectivity index (χ0n) is 12.2. The highest BCUT2D eigenvalue weighted by molar-refractivity contribution is 5.76. The van der Waals surface area contributed by atoms with Crippen LogP contribution in [0.5, 0.6) is 0 Å². The maximum absolute atomic E-state index is 11.7. The van der Waals surface area contributed by atoms with Gasteiger partial charge in [0.1, 0.15) is 6.04 Å². The van der Waals surface area contributed by atoms with Gasteiger partial charge >= 0.3 is 5.97 Å². The van der Waals surface area contributed by atoms with Gasteiger partial charge in [-0.2, -0.15) is 0 Å². The van der Waals surface area contributed by atoms with E-state index in [9.17, 15) is 9.90 Å². The number of nitrogens with zero attached hydrogens (tertiary/aromatic N) is 1. The molecule has 104 valence electrons. The summed E-state index contributed by atoms with van der Waals surface area (Å²) in [5, 5.41) is 9.63. The summed E-state index contributed by atoms with van der Waals surface area (Å²) >= 11 is 0. The number of hydrogen-bond acceptors (Lipinski definition) is 2. The van der Waals surface area contributed by atoms with E-state index in [0.29, 0.717) is 0 Å². The van der Waals surface area contributed by atoms with Crippen molar-refractivity contribution in [2.45, 2.75) is 46.2 Å². The van der Waals surface area contributed by atoms with E-state index >= 15 is 0 Å². The molecule has 0 spiro atoms. The Hall–Kier alpha value is -1.35. The summed E-state index contributed by atoms with van der Waals surface area (Å²) in [5.74, 6) is -0.747. The van der Waals surface area contributed by atoms with Crippen LogP contribution in [-0.4, -0.2) is 28.6 Å². The van der Waals surface area contributed by atoms with Gasteiger partial charge < -0.3 is 5.11 Å². The normalized spacial score (nSPS) is 24.0. The molecule has 1 N–H and O–H groups in total. The molecule has 2 rings (SSSR count). The van der Waals surface area contributed by atoms with Gasteiger partial charge in [0.15, 0.2) is 0 Å². The van der Waals surface area contributed by atoms with Gasteiger partial charge in [-0.1, -0.05) is 45.0 Å². The van der Waals surface area contributed by atoms with Crippen molar-refractivity contribution in [1.82, 2.24) is 4.90 Å². The van der Waals surface area contributed by atoms with E-state index in [0.717, 1.165) is 18.5 Å². The van der Waals surface area contributed by atoms with Gasteiger partial charge in [0, 0.05) is 12.6 Å². The summed E-state index contributed by atoms with van der Waals surface area (Å²) in [6.45, 7) is 9.37. The monoisotopic (exact) mass is 261 g/mol. The quantitative estimate of drug-likeness (QED) is 0.889. The smallest absolute Gasteiger partial charge is 0.325 e. The average molecular weight is 261 g/mol. The Morgan fingerprint density at radius 3 is 2.58 bits per heavy atom. The molecule has 0 saturated heterocycles. The summed E-state index contributed by atoms with van der Waals surface area (Å²) in [4.78, 5) is 13.8. The molecule has 1 aromatic carbocycles. The molecule has 0 bridgehead atoms. The second kappa shape index (κ2) is 4.97. The molecule has 19 heavy (non-hydrogen) atoms. The highest BCUT2D eigenvalue weighted by Crippen LogP contribution is 2.35. The molecular weight excluding hydrogens is 238 g/mol. The lowest BCUT2D eigenvalue weighted by Gasteiger charge is -2.42. The molecule has 1 unspecified atom stereocenters. The predicted octanol–water partition coefficient (Wildman–Crippen LogP) is 3.11. The number of fused-ring (bicyclic) bond motifs is 1. The third-order valence-corrected chi connectivity index (χ3v) is 3.65. The van der Waals surface area contributed by atoms with Crippen LogP contribution in [0.25, 0.3) is 0 Å². The van der Waals surface area contributed by atoms with E-state index in [2.05, 4.69) is 38.7 Å². The van der Waals surface area contributed by atoms with Gasteiger partial charge in [-0.15, -0.1) is 0 Å². The van der Waals surface area contributed by atoms with E-state index in [1.807, 2.05) is 18.2 Å². The number of carboxylic acids is 1. The van der Waals surface area contributed by atoms with Crippen molar-refractivity contribution in [3.05, 3.63) is 35.4 Å². The summed E-state index contributed by atoms with van der Waals surface area (Å²) in [5.41, 5.74) is 2.22. The topological polar surface area (TPSA) is 40.5 Å². The Balaban J connectivity index is 2.41. The van der Waals surface area contributed by atoms with Gasteiger partial charge in [0.05, 0.1) is 0 Å². The molecule has 1 aliphatic rings. The van der Waals surface area contributed by atoms with Crippen LogP contribution < -0.4 is 0 Å². The van der Waals surface area contributed by atoms with Crippen molar-refractivity contribution in [3.8, 4) is 0 Å². The van der Waals surface area contributed by atoms with Gasteiger partial charge in [-0.05, 0) is 29.9 Å². The lowest BCUT2D eigenvalue weighted by molar-refractivity contribution is -0.145. The number of carbonyl (C=O) groups is 1. The second-order valence-electron chi connectivity index (χ2n) is 6.73. The van der Waals surface area contributed by atoms with Crippen LogP contribution in [0.1, 0.15) is 44.9 Å². The number of benzene rings is 1. The zero-order valence-corrected chi connectivity index (χ0v) is 12.2. The standard InChI is InChI=1S/C16H23NO2/c1-11-9-12-7-5-6-8-13(12)14(15(18)19)17(11)10-16(2,3)4/h5-8,11,14H,9-10H2,1-4H3,(H,18,19)/t11-,14?/m0/s1. The van der Waals surface area contributed by atoms with Crippen LogP contribution in [0.4, 0.5) is 0 Å². The van der Waals surface area contributed by atoms with Crippen LogP contribution in [0.15, 0.2) is 24.3 Å². The Labute approximate surface area is 115 Å². The Bertz CT molecular complexity index is 476. The molecule has 0 aliphatic carbocycles. The molecule has 3 nitrogen and oxygen atoms in total. The first-order valence-electron chi connectivity index (χ1n) is 6.86. The SMILES string of the molecule is C[C@H]1Cc2ccccc2C(C(=O)O)N1CC(C)(C)C. The van der Waals surface area contributed by atoms with E-state index < -0.39 is 12.0 Å². The highest BCUT2D eigenvalue weighted by Gasteiger charge is 2.38. The van der Waals surface area contributed by atoms with Gasteiger partial charge in [0.25, 0.3) is 0 Å². The fraction of sp³-hybridized carbons (Fsp3) is 0.562. The van der Waals surface area contributed by atoms with Crippen LogP contribution in [0.2, 0.25) is 0 Å². The van der Waals surface area contributed by atoms with Crippen LogP contribution >= 0.6 is 0 Å². The zero-order chi connectivity index (χ0) is 14.2. The van der Waals surface area contributed by atoms with E-state index in [1.54, 1.807) is 0 Å². The third-order valence-electron chi connectivity index (χ3n) is 3.65. The minimum atomic E-state index is -0.747. The minimum Gasteiger partial charge on any atom is -0.480 e. The van der Waals surface area contributed by atoms with Crippen LogP contribution in [-0.2, 0) is 11.2 Å². The number of hydrogen-bond donors (Lipinski definition) is 1. The predicted molar refractivity (Wildman–Crippen MR) is 76.1 cm³/mol. The van der Waals surface area contributed by atoms with Crippen molar-refractivity contribution in [1.29, 1.82) is 0 Å². The fourth-order valence-electron chi connectivity index (χ4n) is 2.93. The van der Waals surface area contributed by atoms with Crippen molar-refractivity contribution < 1.29 is 9.90 Å². The summed E-state index contributed by atoms with van der Waals surface area (Å²) in [6, 6.07) is 7.67. The molecule has 2 atom stereocenters. The molecule has 1 heterocycles. The number of carboxylic acid groups (broad SMARTS) is 1. The average Bonchev–Trinajstić information content (AvgIpc) is 2.27. The molecule has 0 fully saturated rings. The van der Waals surface area contributed by atoms with Crippen LogP contribution in [0.3, 0.4) is 0 Å². The van der Waals surface area contributed by atoms with Gasteiger partial charge in [0.2, 0.25) is 0 Å². The molecule has 1 aliphatic heterocycles. The molecule has 1 aromatic rings. The third kappa shape index (κ3) is 2.98. The summed E-state index contributed by atoms with van der Waals surface area (Å²) < 4.78 is 0. The Kier molecular flexibility index (Phi) is 3.68. The first-order chi connectivity index (χ1) is 8.79. The second-order valence-corrected chi connectivity index (χ2v) is 6.73. The first-order valence-corrected chi connectivity index (χ1v) is 6.86. The van der Waals surface area contributed by atoms with Crippen molar-refractivity contribution in [2.24, 2.45) is 5.41 Å². The maximum Gasteiger partial charge on any atom is 0.325 e. The van der Waals surface area contributed by atoms with Crippen molar-refractivity contribution in [2.75, 3.05) is 6.54 Å². The molecule has 0 radical (unpaired) electrons. The Morgan fingerprint density at radius 2 is 2.00 bits per heavy atom. The number of rotatable bonds is 2. The lowest BCUT2D eigenvalue weighted by atomic mass is 9.85. The van der Waals surface area contributed by atoms with Crippen molar-refractivity contribution >= 4 is 5.97 Å². The first kappa shape index (κ1) is 14.1. The van der Waals surface area contributed by atoms with Crippen LogP contribution in [0, 0.1) is 5.41 Å². The number of aliphatic carboxylic acids is 1. The molecule has 0 aromatic heterocycles. The highest BCUT2D eigenvalue weighted by atomic mass is 16.4. The molecule has 3 heteroatoms. The lowest BCUT2D eigenvalue weighted by Crippen LogP contribution is -2.48. The van der Waals surface area contributed by atoms with Gasteiger partial charge in [-0.3, -0.25) is 9.69 Å². The minimum absolute atomic E-state index is 0.0915. The fourth-order valence-corrected chi connectivity index (χ4v) is 2.93. The van der Waals surface area contributed by atoms with Crippen molar-refractivity contribution in [3.63, 3.8) is 0 Å². The molecule has 0 saturated carbocycles. The summed E-state index contributed by atoms with van der Waals surface area (Å²) in [6.07, 6.45) is 0.927.